The average Bonchev–Trinajstić information content (AvgIpc) is 2.51. The quantitative estimate of drug-likeness (QED) is 0.797. The monoisotopic (exact) mass is 341 g/mol. The van der Waals surface area contributed by atoms with Crippen molar-refractivity contribution in [3.05, 3.63) is 35.9 Å². The van der Waals surface area contributed by atoms with E-state index in [-0.39, 0.29) is 12.2 Å². The predicted molar refractivity (Wildman–Crippen MR) is 91.3 cm³/mol. The molecule has 1 heterocycles. The lowest BCUT2D eigenvalue weighted by Crippen LogP contribution is -2.54. The molecule has 0 radical (unpaired) electrons. The molecule has 1 aromatic carbocycles. The van der Waals surface area contributed by atoms with Crippen molar-refractivity contribution in [1.29, 1.82) is 0 Å². The Morgan fingerprint density at radius 1 is 1.17 bits per heavy atom. The summed E-state index contributed by atoms with van der Waals surface area (Å²) in [5.74, 6) is 0. The molecule has 2 rings (SSSR count). The summed E-state index contributed by atoms with van der Waals surface area (Å²) in [7, 11) is -3.52. The number of nitrogens with two attached hydrogens (primary N) is 1. The van der Waals surface area contributed by atoms with Crippen molar-refractivity contribution >= 4 is 10.2 Å². The highest BCUT2D eigenvalue weighted by molar-refractivity contribution is 7.86. The second kappa shape index (κ2) is 8.21. The van der Waals surface area contributed by atoms with Gasteiger partial charge in [-0.05, 0) is 25.8 Å². The number of hydrogen-bond acceptors (Lipinski definition) is 4. The first-order chi connectivity index (χ1) is 10.9. The summed E-state index contributed by atoms with van der Waals surface area (Å²) in [6.45, 7) is 5.64. The molecular weight excluding hydrogens is 314 g/mol. The number of rotatable bonds is 7. The molecule has 0 amide bonds. The molecule has 2 unspecified atom stereocenters. The minimum absolute atomic E-state index is 0.0950. The minimum atomic E-state index is -3.52. The van der Waals surface area contributed by atoms with Crippen molar-refractivity contribution in [3.8, 4) is 0 Å². The Morgan fingerprint density at radius 2 is 1.78 bits per heavy atom. The maximum Gasteiger partial charge on any atom is 0.282 e. The molecule has 1 aliphatic heterocycles. The molecule has 2 N–H and O–H groups in total. The van der Waals surface area contributed by atoms with Crippen molar-refractivity contribution < 1.29 is 13.2 Å². The van der Waals surface area contributed by atoms with Crippen LogP contribution < -0.4 is 5.73 Å². The molecule has 7 heteroatoms. The average molecular weight is 341 g/mol. The maximum absolute atomic E-state index is 12.9. The van der Waals surface area contributed by atoms with E-state index in [0.717, 1.165) is 5.56 Å². The third kappa shape index (κ3) is 4.99. The zero-order valence-electron chi connectivity index (χ0n) is 13.9. The Kier molecular flexibility index (Phi) is 6.55. The number of ether oxygens (including phenoxy) is 1. The number of benzene rings is 1. The van der Waals surface area contributed by atoms with Crippen LogP contribution in [-0.2, 0) is 21.4 Å². The van der Waals surface area contributed by atoms with E-state index in [0.29, 0.717) is 39.1 Å². The molecule has 0 aromatic heterocycles. The van der Waals surface area contributed by atoms with E-state index in [2.05, 4.69) is 0 Å². The third-order valence-electron chi connectivity index (χ3n) is 3.91. The smallest absolute Gasteiger partial charge is 0.282 e. The summed E-state index contributed by atoms with van der Waals surface area (Å²) < 4.78 is 34.5. The fraction of sp³-hybridized carbons (Fsp3) is 0.625. The standard InChI is InChI=1S/C16H27N3O3S/c1-14-12-19(13-15(2)22-14)23(20,21)18(11-9-17)10-8-16-6-4-3-5-7-16/h3-7,14-15H,8-13,17H2,1-2H3. The van der Waals surface area contributed by atoms with Gasteiger partial charge in [0.25, 0.3) is 10.2 Å². The van der Waals surface area contributed by atoms with Gasteiger partial charge in [0.1, 0.15) is 0 Å². The van der Waals surface area contributed by atoms with Gasteiger partial charge < -0.3 is 10.5 Å². The van der Waals surface area contributed by atoms with E-state index >= 15 is 0 Å². The van der Waals surface area contributed by atoms with Gasteiger partial charge in [-0.15, -0.1) is 0 Å². The fourth-order valence-electron chi connectivity index (χ4n) is 2.87. The van der Waals surface area contributed by atoms with Crippen LogP contribution >= 0.6 is 0 Å². The second-order valence-electron chi connectivity index (χ2n) is 6.01. The van der Waals surface area contributed by atoms with Crippen LogP contribution in [0.15, 0.2) is 30.3 Å². The van der Waals surface area contributed by atoms with Crippen molar-refractivity contribution in [2.24, 2.45) is 5.73 Å². The summed E-state index contributed by atoms with van der Waals surface area (Å²) in [5.41, 5.74) is 6.75. The minimum Gasteiger partial charge on any atom is -0.373 e. The largest absolute Gasteiger partial charge is 0.373 e. The summed E-state index contributed by atoms with van der Waals surface area (Å²) in [6.07, 6.45) is 0.486. The van der Waals surface area contributed by atoms with Gasteiger partial charge in [0.2, 0.25) is 0 Å². The molecule has 1 saturated heterocycles. The summed E-state index contributed by atoms with van der Waals surface area (Å²) in [6, 6.07) is 9.89. The summed E-state index contributed by atoms with van der Waals surface area (Å²) in [4.78, 5) is 0. The van der Waals surface area contributed by atoms with Crippen molar-refractivity contribution in [3.63, 3.8) is 0 Å². The molecule has 0 saturated carbocycles. The van der Waals surface area contributed by atoms with Crippen LogP contribution in [0.2, 0.25) is 0 Å². The lowest BCUT2D eigenvalue weighted by molar-refractivity contribution is -0.0454. The number of nitrogens with zero attached hydrogens (tertiary/aromatic N) is 2. The number of hydrogen-bond donors (Lipinski definition) is 1. The van der Waals surface area contributed by atoms with Crippen molar-refractivity contribution in [2.45, 2.75) is 32.5 Å². The summed E-state index contributed by atoms with van der Waals surface area (Å²) in [5, 5.41) is 0. The molecule has 6 nitrogen and oxygen atoms in total. The number of morpholine rings is 1. The SMILES string of the molecule is CC1CN(S(=O)(=O)N(CCN)CCc2ccccc2)CC(C)O1. The zero-order chi connectivity index (χ0) is 16.9. The highest BCUT2D eigenvalue weighted by atomic mass is 32.2. The molecule has 0 bridgehead atoms. The van der Waals surface area contributed by atoms with E-state index in [9.17, 15) is 8.42 Å². The van der Waals surface area contributed by atoms with Crippen molar-refractivity contribution in [1.82, 2.24) is 8.61 Å². The van der Waals surface area contributed by atoms with Gasteiger partial charge in [0, 0.05) is 32.7 Å². The Morgan fingerprint density at radius 3 is 2.35 bits per heavy atom. The third-order valence-corrected chi connectivity index (χ3v) is 5.88. The summed E-state index contributed by atoms with van der Waals surface area (Å²) >= 11 is 0. The molecule has 1 fully saturated rings. The highest BCUT2D eigenvalue weighted by Gasteiger charge is 2.34. The first kappa shape index (κ1) is 18.4. The molecule has 1 aliphatic rings. The van der Waals surface area contributed by atoms with Gasteiger partial charge in [-0.1, -0.05) is 30.3 Å². The maximum atomic E-state index is 12.9. The van der Waals surface area contributed by atoms with E-state index in [1.807, 2.05) is 44.2 Å². The van der Waals surface area contributed by atoms with Gasteiger partial charge in [0.15, 0.2) is 0 Å². The van der Waals surface area contributed by atoms with Crippen LogP contribution in [0.1, 0.15) is 19.4 Å². The van der Waals surface area contributed by atoms with Crippen LogP contribution in [0.3, 0.4) is 0 Å². The molecular formula is C16H27N3O3S. The molecule has 0 aliphatic carbocycles. The Labute approximate surface area is 139 Å². The Hall–Kier alpha value is -0.990. The Balaban J connectivity index is 2.08. The first-order valence-corrected chi connectivity index (χ1v) is 9.48. The lowest BCUT2D eigenvalue weighted by atomic mass is 10.1. The molecule has 130 valence electrons. The normalized spacial score (nSPS) is 23.3. The first-order valence-electron chi connectivity index (χ1n) is 8.08. The van der Waals surface area contributed by atoms with E-state index < -0.39 is 10.2 Å². The lowest BCUT2D eigenvalue weighted by Gasteiger charge is -2.37. The van der Waals surface area contributed by atoms with Crippen molar-refractivity contribution in [2.75, 3.05) is 32.7 Å². The van der Waals surface area contributed by atoms with Crippen LogP contribution in [0.25, 0.3) is 0 Å². The van der Waals surface area contributed by atoms with Gasteiger partial charge in [-0.25, -0.2) is 0 Å². The van der Waals surface area contributed by atoms with E-state index in [1.54, 1.807) is 0 Å². The molecule has 1 aromatic rings. The van der Waals surface area contributed by atoms with Crippen LogP contribution in [0.4, 0.5) is 0 Å². The topological polar surface area (TPSA) is 75.9 Å². The van der Waals surface area contributed by atoms with Crippen LogP contribution in [0.5, 0.6) is 0 Å². The molecule has 23 heavy (non-hydrogen) atoms. The van der Waals surface area contributed by atoms with Gasteiger partial charge in [-0.3, -0.25) is 0 Å². The van der Waals surface area contributed by atoms with Gasteiger partial charge in [-0.2, -0.15) is 17.0 Å². The highest BCUT2D eigenvalue weighted by Crippen LogP contribution is 2.17. The fourth-order valence-corrected chi connectivity index (χ4v) is 4.65. The molecule has 2 atom stereocenters. The zero-order valence-corrected chi connectivity index (χ0v) is 14.7. The van der Waals surface area contributed by atoms with Gasteiger partial charge in [0.05, 0.1) is 12.2 Å². The van der Waals surface area contributed by atoms with Crippen LogP contribution in [-0.4, -0.2) is 62.0 Å². The van der Waals surface area contributed by atoms with E-state index in [1.165, 1.54) is 8.61 Å². The van der Waals surface area contributed by atoms with Crippen LogP contribution in [0, 0.1) is 0 Å². The predicted octanol–water partition coefficient (Wildman–Crippen LogP) is 0.844. The van der Waals surface area contributed by atoms with Gasteiger partial charge >= 0.3 is 0 Å². The van der Waals surface area contributed by atoms with E-state index in [4.69, 9.17) is 10.5 Å². The Bertz CT molecular complexity index is 569. The molecule has 0 spiro atoms. The second-order valence-corrected chi connectivity index (χ2v) is 7.93.